The number of carbonyl (C=O) groups is 4. The fourth-order valence-electron chi connectivity index (χ4n) is 9.05. The van der Waals surface area contributed by atoms with E-state index >= 15 is 0 Å². The Morgan fingerprint density at radius 1 is 0.315 bits per heavy atom. The molecule has 0 rings (SSSR count). The number of ether oxygens (including phenoxy) is 4. The highest BCUT2D eigenvalue weighted by Gasteiger charge is 2.30. The molecule has 530 valence electrons. The molecule has 19 heteroatoms. The van der Waals surface area contributed by atoms with E-state index in [-0.39, 0.29) is 25.7 Å². The lowest BCUT2D eigenvalue weighted by atomic mass is 10.1. The Morgan fingerprint density at radius 2 is 0.598 bits per heavy atom. The van der Waals surface area contributed by atoms with Crippen LogP contribution >= 0.6 is 15.6 Å². The maximum absolute atomic E-state index is 13.0. The van der Waals surface area contributed by atoms with Gasteiger partial charge in [-0.15, -0.1) is 0 Å². The van der Waals surface area contributed by atoms with E-state index in [1.54, 1.807) is 0 Å². The molecule has 0 aromatic carbocycles. The van der Waals surface area contributed by atoms with Gasteiger partial charge in [-0.25, -0.2) is 9.13 Å². The summed E-state index contributed by atoms with van der Waals surface area (Å²) in [5, 5.41) is 10.6. The van der Waals surface area contributed by atoms with Crippen LogP contribution < -0.4 is 0 Å². The summed E-state index contributed by atoms with van der Waals surface area (Å²) in [6.07, 6.45) is 65.7. The standard InChI is InChI=1S/C73H126O17P2/c1-5-9-13-17-21-25-29-32-33-36-39-42-46-50-54-58-71(76)84-63-68(89-72(77)59-55-51-47-43-37-28-24-20-16-12-8-4)65-87-91(79,80)85-61-67(74)62-86-92(81,82)88-66-69(90-73(78)60-56-52-48-44-40-35-31-27-23-19-15-11-7-3)64-83-70(75)57-53-49-45-41-38-34-30-26-22-18-14-10-6-2/h9,13-14,18,20-21,24-27,30-33,39,42,67-69,74H,5-8,10-12,15-17,19,22-23,28-29,34-38,40-41,43-66H2,1-4H3,(H,79,80)(H,81,82)/b13-9-,18-14-,24-20-,25-21-,30-26-,31-27-,33-32-,42-39-. The van der Waals surface area contributed by atoms with Gasteiger partial charge in [0.15, 0.2) is 12.2 Å². The number of carbonyl (C=O) groups excluding carboxylic acids is 4. The number of hydrogen-bond acceptors (Lipinski definition) is 15. The number of rotatable bonds is 66. The van der Waals surface area contributed by atoms with Gasteiger partial charge in [-0.3, -0.25) is 37.3 Å². The van der Waals surface area contributed by atoms with Gasteiger partial charge < -0.3 is 33.8 Å². The molecule has 0 amide bonds. The normalized spacial score (nSPS) is 14.6. The van der Waals surface area contributed by atoms with Crippen molar-refractivity contribution in [2.24, 2.45) is 0 Å². The fraction of sp³-hybridized carbons (Fsp3) is 0.726. The first kappa shape index (κ1) is 88.0. The van der Waals surface area contributed by atoms with Gasteiger partial charge in [-0.1, -0.05) is 221 Å². The van der Waals surface area contributed by atoms with Gasteiger partial charge in [-0.05, 0) is 135 Å². The predicted octanol–water partition coefficient (Wildman–Crippen LogP) is 19.7. The Hall–Kier alpha value is -4.02. The lowest BCUT2D eigenvalue weighted by Gasteiger charge is -2.21. The van der Waals surface area contributed by atoms with Gasteiger partial charge in [-0.2, -0.15) is 0 Å². The van der Waals surface area contributed by atoms with Crippen LogP contribution in [0.2, 0.25) is 0 Å². The van der Waals surface area contributed by atoms with E-state index < -0.39 is 97.5 Å². The Labute approximate surface area is 557 Å². The molecule has 0 heterocycles. The summed E-state index contributed by atoms with van der Waals surface area (Å²) in [6.45, 7) is 4.54. The zero-order chi connectivity index (χ0) is 67.5. The van der Waals surface area contributed by atoms with Crippen molar-refractivity contribution >= 4 is 39.5 Å². The number of phosphoric ester groups is 2. The second kappa shape index (κ2) is 65.6. The molecule has 0 aromatic heterocycles. The molecule has 17 nitrogen and oxygen atoms in total. The average Bonchev–Trinajstić information content (AvgIpc) is 2.24. The van der Waals surface area contributed by atoms with E-state index in [1.165, 1.54) is 38.5 Å². The molecule has 0 spiro atoms. The van der Waals surface area contributed by atoms with E-state index in [0.29, 0.717) is 25.7 Å². The number of allylic oxidation sites excluding steroid dienone is 16. The quantitative estimate of drug-likeness (QED) is 0.0169. The Balaban J connectivity index is 5.36. The largest absolute Gasteiger partial charge is 0.472 e. The highest BCUT2D eigenvalue weighted by Crippen LogP contribution is 2.45. The van der Waals surface area contributed by atoms with Crippen LogP contribution in [-0.4, -0.2) is 96.7 Å². The van der Waals surface area contributed by atoms with Crippen LogP contribution in [-0.2, 0) is 65.4 Å². The van der Waals surface area contributed by atoms with E-state index in [4.69, 9.17) is 37.0 Å². The molecule has 0 saturated carbocycles. The van der Waals surface area contributed by atoms with Crippen LogP contribution in [0.15, 0.2) is 97.2 Å². The van der Waals surface area contributed by atoms with E-state index in [2.05, 4.69) is 125 Å². The summed E-state index contributed by atoms with van der Waals surface area (Å²) < 4.78 is 68.1. The molecular formula is C73H126O17P2. The minimum atomic E-state index is -4.98. The molecule has 5 atom stereocenters. The number of aliphatic hydroxyl groups excluding tert-OH is 1. The van der Waals surface area contributed by atoms with Crippen molar-refractivity contribution in [1.29, 1.82) is 0 Å². The second-order valence-electron chi connectivity index (χ2n) is 23.4. The molecule has 0 saturated heterocycles. The lowest BCUT2D eigenvalue weighted by molar-refractivity contribution is -0.161. The molecule has 5 unspecified atom stereocenters. The third kappa shape index (κ3) is 64.7. The monoisotopic (exact) mass is 1340 g/mol. The molecule has 3 N–H and O–H groups in total. The van der Waals surface area contributed by atoms with Gasteiger partial charge >= 0.3 is 39.5 Å². The average molecular weight is 1340 g/mol. The second-order valence-corrected chi connectivity index (χ2v) is 26.3. The van der Waals surface area contributed by atoms with Crippen molar-refractivity contribution in [1.82, 2.24) is 0 Å². The first-order valence-electron chi connectivity index (χ1n) is 35.5. The van der Waals surface area contributed by atoms with Crippen molar-refractivity contribution in [2.75, 3.05) is 39.6 Å². The van der Waals surface area contributed by atoms with E-state index in [9.17, 15) is 43.2 Å². The maximum atomic E-state index is 13.0. The Bertz CT molecular complexity index is 2130. The van der Waals surface area contributed by atoms with Crippen LogP contribution in [0, 0.1) is 0 Å². The number of phosphoric acid groups is 2. The summed E-state index contributed by atoms with van der Waals surface area (Å²) in [5.74, 6) is -2.25. The third-order valence-electron chi connectivity index (χ3n) is 14.5. The summed E-state index contributed by atoms with van der Waals surface area (Å²) in [6, 6.07) is 0. The summed E-state index contributed by atoms with van der Waals surface area (Å²) in [7, 11) is -9.95. The van der Waals surface area contributed by atoms with Gasteiger partial charge in [0.2, 0.25) is 0 Å². The van der Waals surface area contributed by atoms with Crippen molar-refractivity contribution < 1.29 is 80.2 Å². The fourth-order valence-corrected chi connectivity index (χ4v) is 10.6. The number of unbranched alkanes of at least 4 members (excludes halogenated alkanes) is 24. The Morgan fingerprint density at radius 3 is 0.978 bits per heavy atom. The number of aliphatic hydroxyl groups is 1. The van der Waals surface area contributed by atoms with E-state index in [0.717, 1.165) is 167 Å². The van der Waals surface area contributed by atoms with Crippen molar-refractivity contribution in [3.05, 3.63) is 97.2 Å². The Kier molecular flexibility index (Phi) is 62.8. The van der Waals surface area contributed by atoms with Gasteiger partial charge in [0.05, 0.1) is 26.4 Å². The lowest BCUT2D eigenvalue weighted by Crippen LogP contribution is -2.30. The number of hydrogen-bond donors (Lipinski definition) is 3. The summed E-state index contributed by atoms with van der Waals surface area (Å²) in [4.78, 5) is 72.5. The van der Waals surface area contributed by atoms with Crippen molar-refractivity contribution in [3.63, 3.8) is 0 Å². The summed E-state index contributed by atoms with van der Waals surface area (Å²) in [5.41, 5.74) is 0. The zero-order valence-corrected chi connectivity index (χ0v) is 59.2. The third-order valence-corrected chi connectivity index (χ3v) is 16.4. The smallest absolute Gasteiger partial charge is 0.462 e. The predicted molar refractivity (Wildman–Crippen MR) is 372 cm³/mol. The highest BCUT2D eigenvalue weighted by molar-refractivity contribution is 7.47. The maximum Gasteiger partial charge on any atom is 0.472 e. The van der Waals surface area contributed by atoms with Crippen molar-refractivity contribution in [2.45, 2.75) is 303 Å². The molecule has 0 aliphatic rings. The minimum absolute atomic E-state index is 0.0745. The van der Waals surface area contributed by atoms with Gasteiger partial charge in [0, 0.05) is 25.7 Å². The van der Waals surface area contributed by atoms with E-state index in [1.807, 2.05) is 0 Å². The molecule has 0 fully saturated rings. The molecule has 0 bridgehead atoms. The molecule has 0 aliphatic heterocycles. The molecule has 0 radical (unpaired) electrons. The molecule has 0 aliphatic carbocycles. The number of esters is 4. The SMILES string of the molecule is CC/C=C\C/C=C\C/C=C\C/C=C\CCCCC(=O)OCC(COP(=O)(O)OCC(O)COP(=O)(O)OCC(COC(=O)CCCCCCC/C=C\C/C=C\CCC)OC(=O)CCCCCCC/C=C\CCCCCC)OC(=O)CCCCCCC/C=C\CCCC. The van der Waals surface area contributed by atoms with Gasteiger partial charge in [0.25, 0.3) is 0 Å². The summed E-state index contributed by atoms with van der Waals surface area (Å²) >= 11 is 0. The molecule has 0 aromatic rings. The van der Waals surface area contributed by atoms with Crippen LogP contribution in [0.4, 0.5) is 0 Å². The zero-order valence-electron chi connectivity index (χ0n) is 57.4. The minimum Gasteiger partial charge on any atom is -0.462 e. The van der Waals surface area contributed by atoms with Crippen LogP contribution in [0.1, 0.15) is 285 Å². The highest BCUT2D eigenvalue weighted by atomic mass is 31.2. The molecular weight excluding hydrogens is 1210 g/mol. The van der Waals surface area contributed by atoms with Crippen LogP contribution in [0.5, 0.6) is 0 Å². The topological polar surface area (TPSA) is 237 Å². The molecule has 92 heavy (non-hydrogen) atoms. The van der Waals surface area contributed by atoms with Crippen LogP contribution in [0.3, 0.4) is 0 Å². The van der Waals surface area contributed by atoms with Crippen molar-refractivity contribution in [3.8, 4) is 0 Å². The first-order valence-corrected chi connectivity index (χ1v) is 38.5. The van der Waals surface area contributed by atoms with Gasteiger partial charge in [0.1, 0.15) is 19.3 Å². The van der Waals surface area contributed by atoms with Crippen LogP contribution in [0.25, 0.3) is 0 Å². The first-order chi connectivity index (χ1) is 44.7.